The fraction of sp³-hybridized carbons (Fsp3) is 0.846. The Morgan fingerprint density at radius 1 is 0.533 bits per heavy atom. The molecule has 0 aromatic heterocycles. The second kappa shape index (κ2) is 14.3. The minimum absolute atomic E-state index is 0.810. The third kappa shape index (κ3) is 14.3. The Balaban J connectivity index is 2.97. The van der Waals surface area contributed by atoms with Crippen molar-refractivity contribution >= 4 is 23.2 Å². The first-order chi connectivity index (χ1) is 7.41. The first kappa shape index (κ1) is 15.3. The number of hydrogen-bond donors (Lipinski definition) is 0. The third-order valence-electron chi connectivity index (χ3n) is 2.43. The number of unbranched alkanes of at least 4 members (excludes halogenated alkanes) is 7. The highest BCUT2D eigenvalue weighted by Gasteiger charge is 1.87. The van der Waals surface area contributed by atoms with E-state index in [1.807, 2.05) is 0 Å². The Kier molecular flexibility index (Phi) is 14.6. The predicted octanol–water partition coefficient (Wildman–Crippen LogP) is 5.53. The number of allylic oxidation sites excluding steroid dienone is 2. The summed E-state index contributed by atoms with van der Waals surface area (Å²) < 4.78 is 0. The Morgan fingerprint density at radius 3 is 1.40 bits per heavy atom. The first-order valence-corrected chi connectivity index (χ1v) is 7.25. The molecule has 0 saturated carbocycles. The largest absolute Gasteiger partial charge is 0.127 e. The predicted molar refractivity (Wildman–Crippen MR) is 72.1 cm³/mol. The van der Waals surface area contributed by atoms with Crippen LogP contribution in [0.2, 0.25) is 0 Å². The molecule has 0 amide bonds. The van der Waals surface area contributed by atoms with Crippen LogP contribution in [0, 0.1) is 0 Å². The summed E-state index contributed by atoms with van der Waals surface area (Å²) in [6.07, 6.45) is 15.9. The maximum Gasteiger partial charge on any atom is 0.0223 e. The van der Waals surface area contributed by atoms with E-state index < -0.39 is 0 Å². The zero-order chi connectivity index (χ0) is 11.2. The van der Waals surface area contributed by atoms with Crippen molar-refractivity contribution in [3.05, 3.63) is 12.2 Å². The van der Waals surface area contributed by atoms with Gasteiger partial charge in [-0.25, -0.2) is 0 Å². The van der Waals surface area contributed by atoms with E-state index in [2.05, 4.69) is 12.2 Å². The lowest BCUT2D eigenvalue weighted by molar-refractivity contribution is 0.674. The van der Waals surface area contributed by atoms with Crippen LogP contribution in [-0.2, 0) is 0 Å². The standard InChI is InChI=1S/C13H24Cl2/c14-12-10-8-6-4-2-1-3-5-7-9-11-13-15/h1-2H,3-13H2. The van der Waals surface area contributed by atoms with Crippen LogP contribution >= 0.6 is 23.2 Å². The summed E-state index contributed by atoms with van der Waals surface area (Å²) in [6.45, 7) is 0. The van der Waals surface area contributed by atoms with Crippen molar-refractivity contribution in [1.29, 1.82) is 0 Å². The van der Waals surface area contributed by atoms with Crippen LogP contribution in [-0.4, -0.2) is 11.8 Å². The van der Waals surface area contributed by atoms with Crippen LogP contribution in [0.15, 0.2) is 12.2 Å². The fourth-order valence-electron chi connectivity index (χ4n) is 1.48. The summed E-state index contributed by atoms with van der Waals surface area (Å²) in [5.74, 6) is 1.63. The van der Waals surface area contributed by atoms with Gasteiger partial charge in [0.25, 0.3) is 0 Å². The van der Waals surface area contributed by atoms with Crippen molar-refractivity contribution in [3.8, 4) is 0 Å². The van der Waals surface area contributed by atoms with Crippen molar-refractivity contribution in [1.82, 2.24) is 0 Å². The van der Waals surface area contributed by atoms with Gasteiger partial charge in [0, 0.05) is 11.8 Å². The Morgan fingerprint density at radius 2 is 0.933 bits per heavy atom. The van der Waals surface area contributed by atoms with Crippen molar-refractivity contribution in [2.24, 2.45) is 0 Å². The molecular formula is C13H24Cl2. The number of alkyl halides is 2. The van der Waals surface area contributed by atoms with E-state index in [-0.39, 0.29) is 0 Å². The Labute approximate surface area is 105 Å². The molecule has 0 heterocycles. The molecule has 90 valence electrons. The van der Waals surface area contributed by atoms with Gasteiger partial charge in [-0.3, -0.25) is 0 Å². The lowest BCUT2D eigenvalue weighted by atomic mass is 10.1. The van der Waals surface area contributed by atoms with E-state index >= 15 is 0 Å². The van der Waals surface area contributed by atoms with Crippen LogP contribution in [0.5, 0.6) is 0 Å². The average molecular weight is 251 g/mol. The van der Waals surface area contributed by atoms with Gasteiger partial charge in [0.05, 0.1) is 0 Å². The molecule has 0 nitrogen and oxygen atoms in total. The van der Waals surface area contributed by atoms with Crippen LogP contribution in [0.4, 0.5) is 0 Å². The van der Waals surface area contributed by atoms with Crippen LogP contribution < -0.4 is 0 Å². The van der Waals surface area contributed by atoms with Gasteiger partial charge in [0.15, 0.2) is 0 Å². The maximum atomic E-state index is 5.60. The van der Waals surface area contributed by atoms with Gasteiger partial charge in [-0.2, -0.15) is 0 Å². The average Bonchev–Trinajstić information content (AvgIpc) is 2.26. The molecule has 0 spiro atoms. The summed E-state index contributed by atoms with van der Waals surface area (Å²) in [5, 5.41) is 0. The second-order valence-electron chi connectivity index (χ2n) is 3.90. The minimum atomic E-state index is 0.810. The molecule has 0 rings (SSSR count). The summed E-state index contributed by atoms with van der Waals surface area (Å²) in [4.78, 5) is 0. The van der Waals surface area contributed by atoms with Crippen molar-refractivity contribution in [2.45, 2.75) is 57.8 Å². The van der Waals surface area contributed by atoms with Crippen molar-refractivity contribution < 1.29 is 0 Å². The molecular weight excluding hydrogens is 227 g/mol. The molecule has 0 N–H and O–H groups in total. The molecule has 0 radical (unpaired) electrons. The lowest BCUT2D eigenvalue weighted by Crippen LogP contribution is -1.79. The van der Waals surface area contributed by atoms with Crippen molar-refractivity contribution in [3.63, 3.8) is 0 Å². The number of hydrogen-bond acceptors (Lipinski definition) is 0. The third-order valence-corrected chi connectivity index (χ3v) is 2.96. The molecule has 15 heavy (non-hydrogen) atoms. The molecule has 0 atom stereocenters. The summed E-state index contributed by atoms with van der Waals surface area (Å²) >= 11 is 11.2. The van der Waals surface area contributed by atoms with E-state index in [1.165, 1.54) is 51.4 Å². The molecule has 0 aliphatic heterocycles. The summed E-state index contributed by atoms with van der Waals surface area (Å²) in [6, 6.07) is 0. The minimum Gasteiger partial charge on any atom is -0.127 e. The molecule has 0 aliphatic carbocycles. The van der Waals surface area contributed by atoms with Crippen LogP contribution in [0.25, 0.3) is 0 Å². The number of halogens is 2. The highest BCUT2D eigenvalue weighted by molar-refractivity contribution is 6.18. The molecule has 0 saturated heterocycles. The second-order valence-corrected chi connectivity index (χ2v) is 4.66. The SMILES string of the molecule is ClCCCCCC=CCCCCCCCl. The Hall–Kier alpha value is 0.320. The zero-order valence-corrected chi connectivity index (χ0v) is 11.2. The van der Waals surface area contributed by atoms with Gasteiger partial charge in [0.2, 0.25) is 0 Å². The summed E-state index contributed by atoms with van der Waals surface area (Å²) in [5.41, 5.74) is 0. The normalized spacial score (nSPS) is 11.3. The molecule has 0 bridgehead atoms. The first-order valence-electron chi connectivity index (χ1n) is 6.18. The number of rotatable bonds is 11. The maximum absolute atomic E-state index is 5.60. The fourth-order valence-corrected chi connectivity index (χ4v) is 1.86. The van der Waals surface area contributed by atoms with Gasteiger partial charge in [-0.05, 0) is 38.5 Å². The zero-order valence-electron chi connectivity index (χ0n) is 9.69. The highest BCUT2D eigenvalue weighted by atomic mass is 35.5. The van der Waals surface area contributed by atoms with E-state index in [9.17, 15) is 0 Å². The van der Waals surface area contributed by atoms with Gasteiger partial charge >= 0.3 is 0 Å². The van der Waals surface area contributed by atoms with E-state index in [1.54, 1.807) is 0 Å². The molecule has 2 heteroatoms. The van der Waals surface area contributed by atoms with Gasteiger partial charge < -0.3 is 0 Å². The Bertz CT molecular complexity index is 132. The molecule has 0 aliphatic rings. The van der Waals surface area contributed by atoms with Crippen LogP contribution in [0.3, 0.4) is 0 Å². The molecule has 0 fully saturated rings. The van der Waals surface area contributed by atoms with Gasteiger partial charge in [-0.1, -0.05) is 31.4 Å². The van der Waals surface area contributed by atoms with E-state index in [0.717, 1.165) is 18.2 Å². The van der Waals surface area contributed by atoms with Gasteiger partial charge in [-0.15, -0.1) is 23.2 Å². The van der Waals surface area contributed by atoms with Crippen LogP contribution in [0.1, 0.15) is 57.8 Å². The molecule has 0 aromatic carbocycles. The summed E-state index contributed by atoms with van der Waals surface area (Å²) in [7, 11) is 0. The monoisotopic (exact) mass is 250 g/mol. The molecule has 0 unspecified atom stereocenters. The van der Waals surface area contributed by atoms with E-state index in [0.29, 0.717) is 0 Å². The quantitative estimate of drug-likeness (QED) is 0.257. The molecule has 0 aromatic rings. The lowest BCUT2D eigenvalue weighted by Gasteiger charge is -1.96. The van der Waals surface area contributed by atoms with E-state index in [4.69, 9.17) is 23.2 Å². The van der Waals surface area contributed by atoms with Crippen molar-refractivity contribution in [2.75, 3.05) is 11.8 Å². The topological polar surface area (TPSA) is 0 Å². The highest BCUT2D eigenvalue weighted by Crippen LogP contribution is 2.06. The van der Waals surface area contributed by atoms with Gasteiger partial charge in [0.1, 0.15) is 0 Å². The smallest absolute Gasteiger partial charge is 0.0223 e.